The Hall–Kier alpha value is -2.47. The Bertz CT molecular complexity index is 909. The third-order valence-electron chi connectivity index (χ3n) is 4.81. The van der Waals surface area contributed by atoms with Crippen LogP contribution in [0, 0.1) is 11.3 Å². The predicted octanol–water partition coefficient (Wildman–Crippen LogP) is 2.58. The maximum Gasteiger partial charge on any atom is 0.419 e. The average Bonchev–Trinajstić information content (AvgIpc) is 3.02. The van der Waals surface area contributed by atoms with E-state index in [9.17, 15) is 20.3 Å². The van der Waals surface area contributed by atoms with E-state index in [-0.39, 0.29) is 11.6 Å². The lowest BCUT2D eigenvalue weighted by atomic mass is 9.92. The lowest BCUT2D eigenvalue weighted by Gasteiger charge is -2.30. The van der Waals surface area contributed by atoms with E-state index < -0.39 is 24.0 Å². The highest BCUT2D eigenvalue weighted by atomic mass is 16.6. The van der Waals surface area contributed by atoms with E-state index in [4.69, 9.17) is 4.74 Å². The van der Waals surface area contributed by atoms with Crippen molar-refractivity contribution in [2.75, 3.05) is 0 Å². The molecule has 0 aliphatic heterocycles. The molecule has 1 aliphatic rings. The number of fused-ring (bicyclic) bond motifs is 1. The van der Waals surface area contributed by atoms with Gasteiger partial charge in [-0.15, -0.1) is 0 Å². The molecule has 1 fully saturated rings. The molecule has 0 aromatic carbocycles. The van der Waals surface area contributed by atoms with Crippen LogP contribution in [0.2, 0.25) is 0 Å². The minimum absolute atomic E-state index is 0.247. The minimum Gasteiger partial charge on any atom is -0.443 e. The second kappa shape index (κ2) is 7.87. The molecule has 1 aliphatic carbocycles. The zero-order valence-electron chi connectivity index (χ0n) is 16.3. The van der Waals surface area contributed by atoms with E-state index in [0.717, 1.165) is 19.3 Å². The third-order valence-corrected chi connectivity index (χ3v) is 4.81. The summed E-state index contributed by atoms with van der Waals surface area (Å²) in [5.41, 5.74) is 0.531. The molecule has 8 heteroatoms. The Kier molecular flexibility index (Phi) is 5.70. The Morgan fingerprint density at radius 2 is 2.14 bits per heavy atom. The van der Waals surface area contributed by atoms with E-state index in [0.29, 0.717) is 23.0 Å². The van der Waals surface area contributed by atoms with Gasteiger partial charge in [0.1, 0.15) is 17.9 Å². The number of hydrogen-bond acceptors (Lipinski definition) is 7. The molecular weight excluding hydrogens is 360 g/mol. The number of carbonyl (C=O) groups is 1. The summed E-state index contributed by atoms with van der Waals surface area (Å²) < 4.78 is 6.65. The highest BCUT2D eigenvalue weighted by Crippen LogP contribution is 2.29. The predicted molar refractivity (Wildman–Crippen MR) is 102 cm³/mol. The smallest absolute Gasteiger partial charge is 0.419 e. The highest BCUT2D eigenvalue weighted by molar-refractivity contribution is 5.93. The van der Waals surface area contributed by atoms with Gasteiger partial charge in [0, 0.05) is 24.0 Å². The Balaban J connectivity index is 2.01. The molecule has 0 saturated heterocycles. The lowest BCUT2D eigenvalue weighted by molar-refractivity contribution is 0.0430. The van der Waals surface area contributed by atoms with Gasteiger partial charge in [-0.2, -0.15) is 5.26 Å². The zero-order chi connectivity index (χ0) is 20.5. The summed E-state index contributed by atoms with van der Waals surface area (Å²) in [6.07, 6.45) is 3.93. The number of carbonyl (C=O) groups excluding carboxylic acids is 1. The maximum atomic E-state index is 12.7. The van der Waals surface area contributed by atoms with Crippen LogP contribution in [-0.2, 0) is 4.74 Å². The summed E-state index contributed by atoms with van der Waals surface area (Å²) in [6.45, 7) is 5.26. The second-order valence-corrected chi connectivity index (χ2v) is 8.13. The average molecular weight is 386 g/mol. The maximum absolute atomic E-state index is 12.7. The molecule has 1 unspecified atom stereocenters. The standard InChI is InChI=1S/C20H26N4O4/c1-20(2,3)28-19(27)24-11-13(16-17(24)12(10-21)8-9-22-16)18(26)23-14-6-4-5-7-15(14)25/h8-9,11,14-15,18,23,25-26H,4-7H2,1-3H3/t14-,15-,18?/m0/s1. The van der Waals surface area contributed by atoms with Gasteiger partial charge in [-0.05, 0) is 39.7 Å². The fourth-order valence-corrected chi connectivity index (χ4v) is 3.52. The van der Waals surface area contributed by atoms with Gasteiger partial charge >= 0.3 is 6.09 Å². The van der Waals surface area contributed by atoms with Gasteiger partial charge in [0.05, 0.1) is 22.7 Å². The molecule has 8 nitrogen and oxygen atoms in total. The summed E-state index contributed by atoms with van der Waals surface area (Å²) in [6, 6.07) is 3.32. The summed E-state index contributed by atoms with van der Waals surface area (Å²) >= 11 is 0. The van der Waals surface area contributed by atoms with E-state index in [2.05, 4.69) is 16.4 Å². The SMILES string of the molecule is CC(C)(C)OC(=O)n1cc(C(O)N[C@H]2CCCC[C@@H]2O)c2nccc(C#N)c21. The molecule has 3 atom stereocenters. The number of rotatable bonds is 3. The second-order valence-electron chi connectivity index (χ2n) is 8.13. The number of pyridine rings is 1. The van der Waals surface area contributed by atoms with Crippen molar-refractivity contribution >= 4 is 17.1 Å². The summed E-state index contributed by atoms with van der Waals surface area (Å²) in [7, 11) is 0. The van der Waals surface area contributed by atoms with Crippen LogP contribution in [0.1, 0.15) is 63.8 Å². The van der Waals surface area contributed by atoms with Gasteiger partial charge in [-0.1, -0.05) is 12.8 Å². The Morgan fingerprint density at radius 1 is 1.43 bits per heavy atom. The van der Waals surface area contributed by atoms with Gasteiger partial charge in [-0.25, -0.2) is 9.36 Å². The van der Waals surface area contributed by atoms with Crippen molar-refractivity contribution < 1.29 is 19.7 Å². The molecule has 28 heavy (non-hydrogen) atoms. The van der Waals surface area contributed by atoms with Crippen LogP contribution in [0.25, 0.3) is 11.0 Å². The summed E-state index contributed by atoms with van der Waals surface area (Å²) in [5, 5.41) is 33.4. The van der Waals surface area contributed by atoms with Crippen LogP contribution in [0.3, 0.4) is 0 Å². The van der Waals surface area contributed by atoms with Gasteiger partial charge in [0.2, 0.25) is 0 Å². The van der Waals surface area contributed by atoms with Crippen LogP contribution in [0.15, 0.2) is 18.5 Å². The van der Waals surface area contributed by atoms with Crippen molar-refractivity contribution in [3.63, 3.8) is 0 Å². The number of ether oxygens (including phenoxy) is 1. The number of aliphatic hydroxyl groups excluding tert-OH is 2. The van der Waals surface area contributed by atoms with Gasteiger partial charge in [0.25, 0.3) is 0 Å². The monoisotopic (exact) mass is 386 g/mol. The Morgan fingerprint density at radius 3 is 2.79 bits per heavy atom. The van der Waals surface area contributed by atoms with Crippen molar-refractivity contribution in [2.24, 2.45) is 0 Å². The van der Waals surface area contributed by atoms with Gasteiger partial charge < -0.3 is 14.9 Å². The van der Waals surface area contributed by atoms with Crippen LogP contribution in [-0.4, -0.2) is 43.6 Å². The van der Waals surface area contributed by atoms with Gasteiger partial charge in [0.15, 0.2) is 0 Å². The van der Waals surface area contributed by atoms with Crippen molar-refractivity contribution in [3.8, 4) is 6.07 Å². The summed E-state index contributed by atoms with van der Waals surface area (Å²) in [5.74, 6) is 0. The minimum atomic E-state index is -1.15. The number of nitriles is 1. The normalized spacial score (nSPS) is 21.3. The fourth-order valence-electron chi connectivity index (χ4n) is 3.52. The molecule has 0 amide bonds. The van der Waals surface area contributed by atoms with Crippen LogP contribution in [0.5, 0.6) is 0 Å². The van der Waals surface area contributed by atoms with Crippen LogP contribution >= 0.6 is 0 Å². The first-order chi connectivity index (χ1) is 13.2. The molecule has 2 aromatic rings. The molecule has 2 aromatic heterocycles. The molecule has 0 spiro atoms. The number of aromatic nitrogens is 2. The van der Waals surface area contributed by atoms with E-state index in [1.54, 1.807) is 20.8 Å². The first-order valence-corrected chi connectivity index (χ1v) is 9.47. The molecule has 2 heterocycles. The summed E-state index contributed by atoms with van der Waals surface area (Å²) in [4.78, 5) is 17.0. The first-order valence-electron chi connectivity index (χ1n) is 9.47. The number of aliphatic hydroxyl groups is 2. The van der Waals surface area contributed by atoms with Gasteiger partial charge in [-0.3, -0.25) is 10.3 Å². The quantitative estimate of drug-likeness (QED) is 0.693. The van der Waals surface area contributed by atoms with Crippen LogP contribution in [0.4, 0.5) is 4.79 Å². The number of hydrogen-bond donors (Lipinski definition) is 3. The van der Waals surface area contributed by atoms with E-state index in [1.807, 2.05) is 0 Å². The number of nitrogens with zero attached hydrogens (tertiary/aromatic N) is 3. The zero-order valence-corrected chi connectivity index (χ0v) is 16.3. The fraction of sp³-hybridized carbons (Fsp3) is 0.550. The third kappa shape index (κ3) is 4.17. The van der Waals surface area contributed by atoms with Crippen molar-refractivity contribution in [3.05, 3.63) is 29.6 Å². The molecule has 1 saturated carbocycles. The molecule has 150 valence electrons. The molecule has 3 rings (SSSR count). The largest absolute Gasteiger partial charge is 0.443 e. The lowest BCUT2D eigenvalue weighted by Crippen LogP contribution is -2.43. The molecule has 0 radical (unpaired) electrons. The van der Waals surface area contributed by atoms with E-state index in [1.165, 1.54) is 23.0 Å². The van der Waals surface area contributed by atoms with E-state index >= 15 is 0 Å². The van der Waals surface area contributed by atoms with Crippen LogP contribution < -0.4 is 5.32 Å². The molecule has 0 bridgehead atoms. The highest BCUT2D eigenvalue weighted by Gasteiger charge is 2.29. The van der Waals surface area contributed by atoms with Crippen molar-refractivity contribution in [1.29, 1.82) is 5.26 Å². The first kappa shape index (κ1) is 20.3. The molecular formula is C20H26N4O4. The topological polar surface area (TPSA) is 120 Å². The van der Waals surface area contributed by atoms with Crippen molar-refractivity contribution in [1.82, 2.24) is 14.9 Å². The molecule has 3 N–H and O–H groups in total. The van der Waals surface area contributed by atoms with Crippen molar-refractivity contribution in [2.45, 2.75) is 70.4 Å². The number of nitrogens with one attached hydrogen (secondary N) is 1. The Labute approximate surface area is 163 Å².